The van der Waals surface area contributed by atoms with Crippen molar-refractivity contribution in [3.05, 3.63) is 24.3 Å². The van der Waals surface area contributed by atoms with E-state index in [4.69, 9.17) is 0 Å². The molecule has 0 fully saturated rings. The minimum absolute atomic E-state index is 0.0552. The fourth-order valence-electron chi connectivity index (χ4n) is 1.28. The van der Waals surface area contributed by atoms with Crippen LogP contribution in [0, 0.1) is 0 Å². The monoisotopic (exact) mass is 324 g/mol. The van der Waals surface area contributed by atoms with E-state index in [0.717, 1.165) is 0 Å². The molecule has 0 aliphatic carbocycles. The quantitative estimate of drug-likeness (QED) is 0.842. The highest BCUT2D eigenvalue weighted by molar-refractivity contribution is 7.84. The first-order valence-electron chi connectivity index (χ1n) is 5.91. The summed E-state index contributed by atoms with van der Waals surface area (Å²) < 4.78 is 51.2. The highest BCUT2D eigenvalue weighted by Crippen LogP contribution is 2.20. The average Bonchev–Trinajstić information content (AvgIpc) is 2.36. The lowest BCUT2D eigenvalue weighted by atomic mass is 10.3. The topological polar surface area (TPSA) is 67.4 Å². The number of benzene rings is 1. The van der Waals surface area contributed by atoms with Crippen molar-refractivity contribution in [2.75, 3.05) is 30.5 Å². The second kappa shape index (κ2) is 7.87. The summed E-state index contributed by atoms with van der Waals surface area (Å²) in [5.41, 5.74) is 0.407. The summed E-state index contributed by atoms with van der Waals surface area (Å²) in [6.07, 6.45) is -2.87. The number of carbonyl (C=O) groups is 1. The molecule has 21 heavy (non-hydrogen) atoms. The third kappa shape index (κ3) is 8.18. The fraction of sp³-hybridized carbons (Fsp3) is 0.417. The number of ether oxygens (including phenoxy) is 1. The number of alkyl halides is 3. The standard InChI is InChI=1S/C12H15F3N2O3S/c1-21(19)7-6-16-11(18)17-9-2-4-10(5-3-9)20-8-12(13,14)15/h2-5H,6-8H2,1H3,(H2,16,17,18). The summed E-state index contributed by atoms with van der Waals surface area (Å²) in [6, 6.07) is 5.00. The van der Waals surface area contributed by atoms with Crippen LogP contribution in [-0.4, -0.2) is 41.6 Å². The number of hydrogen-bond donors (Lipinski definition) is 2. The van der Waals surface area contributed by atoms with Crippen LogP contribution in [0.3, 0.4) is 0 Å². The molecule has 1 rings (SSSR count). The highest BCUT2D eigenvalue weighted by Gasteiger charge is 2.28. The molecule has 5 nitrogen and oxygen atoms in total. The van der Waals surface area contributed by atoms with Gasteiger partial charge in [-0.05, 0) is 24.3 Å². The van der Waals surface area contributed by atoms with Crippen molar-refractivity contribution in [1.82, 2.24) is 5.32 Å². The Balaban J connectivity index is 2.40. The molecule has 0 spiro atoms. The summed E-state index contributed by atoms with van der Waals surface area (Å²) in [5.74, 6) is 0.400. The van der Waals surface area contributed by atoms with Crippen molar-refractivity contribution in [3.8, 4) is 5.75 Å². The number of anilines is 1. The van der Waals surface area contributed by atoms with Crippen LogP contribution in [0.1, 0.15) is 0 Å². The molecule has 9 heteroatoms. The molecule has 0 heterocycles. The Morgan fingerprint density at radius 2 is 1.90 bits per heavy atom. The predicted octanol–water partition coefficient (Wildman–Crippen LogP) is 2.13. The molecule has 1 aromatic carbocycles. The van der Waals surface area contributed by atoms with E-state index in [1.54, 1.807) is 0 Å². The molecule has 0 saturated heterocycles. The van der Waals surface area contributed by atoms with E-state index in [9.17, 15) is 22.2 Å². The van der Waals surface area contributed by atoms with E-state index in [0.29, 0.717) is 11.4 Å². The first-order valence-corrected chi connectivity index (χ1v) is 7.63. The summed E-state index contributed by atoms with van der Waals surface area (Å²) in [7, 11) is -0.992. The SMILES string of the molecule is CS(=O)CCNC(=O)Nc1ccc(OCC(F)(F)F)cc1. The van der Waals surface area contributed by atoms with Crippen LogP contribution in [0.4, 0.5) is 23.7 Å². The van der Waals surface area contributed by atoms with Crippen molar-refractivity contribution >= 4 is 22.5 Å². The Morgan fingerprint density at radius 1 is 1.29 bits per heavy atom. The van der Waals surface area contributed by atoms with Gasteiger partial charge in [-0.15, -0.1) is 0 Å². The largest absolute Gasteiger partial charge is 0.484 e. The number of nitrogens with one attached hydrogen (secondary N) is 2. The molecular weight excluding hydrogens is 309 g/mol. The lowest BCUT2D eigenvalue weighted by Crippen LogP contribution is -2.31. The maximum atomic E-state index is 12.0. The van der Waals surface area contributed by atoms with E-state index >= 15 is 0 Å². The Morgan fingerprint density at radius 3 is 2.43 bits per heavy atom. The minimum atomic E-state index is -4.39. The number of amides is 2. The Hall–Kier alpha value is -1.77. The third-order valence-corrected chi connectivity index (χ3v) is 2.97. The van der Waals surface area contributed by atoms with Gasteiger partial charge in [0.2, 0.25) is 0 Å². The zero-order valence-electron chi connectivity index (χ0n) is 11.2. The van der Waals surface area contributed by atoms with Crippen LogP contribution < -0.4 is 15.4 Å². The second-order valence-corrected chi connectivity index (χ2v) is 5.64. The van der Waals surface area contributed by atoms with Gasteiger partial charge in [-0.2, -0.15) is 13.2 Å². The molecule has 0 aromatic heterocycles. The third-order valence-electron chi connectivity index (χ3n) is 2.19. The van der Waals surface area contributed by atoms with Gasteiger partial charge in [-0.3, -0.25) is 4.21 Å². The van der Waals surface area contributed by atoms with Crippen LogP contribution in [0.5, 0.6) is 5.75 Å². The molecule has 118 valence electrons. The van der Waals surface area contributed by atoms with Crippen molar-refractivity contribution < 1.29 is 26.9 Å². The lowest BCUT2D eigenvalue weighted by Gasteiger charge is -2.10. The van der Waals surface area contributed by atoms with Gasteiger partial charge in [0.05, 0.1) is 0 Å². The van der Waals surface area contributed by atoms with Crippen LogP contribution in [0.25, 0.3) is 0 Å². The Bertz CT molecular complexity index is 492. The molecule has 0 aliphatic rings. The van der Waals surface area contributed by atoms with Gasteiger partial charge >= 0.3 is 12.2 Å². The normalized spacial score (nSPS) is 12.6. The van der Waals surface area contributed by atoms with Crippen molar-refractivity contribution in [3.63, 3.8) is 0 Å². The van der Waals surface area contributed by atoms with E-state index in [2.05, 4.69) is 15.4 Å². The molecule has 1 atom stereocenters. The number of carbonyl (C=O) groups excluding carboxylic acids is 1. The van der Waals surface area contributed by atoms with Gasteiger partial charge in [-0.25, -0.2) is 4.79 Å². The van der Waals surface area contributed by atoms with Crippen molar-refractivity contribution in [2.45, 2.75) is 6.18 Å². The van der Waals surface area contributed by atoms with E-state index in [-0.39, 0.29) is 12.3 Å². The first-order chi connectivity index (χ1) is 9.76. The van der Waals surface area contributed by atoms with Gasteiger partial charge in [-0.1, -0.05) is 0 Å². The fourth-order valence-corrected chi connectivity index (χ4v) is 1.67. The Labute approximate surface area is 122 Å². The van der Waals surface area contributed by atoms with Crippen LogP contribution >= 0.6 is 0 Å². The van der Waals surface area contributed by atoms with Gasteiger partial charge in [0.25, 0.3) is 0 Å². The summed E-state index contributed by atoms with van der Waals surface area (Å²) >= 11 is 0. The predicted molar refractivity (Wildman–Crippen MR) is 73.9 cm³/mol. The minimum Gasteiger partial charge on any atom is -0.484 e. The molecule has 0 aliphatic heterocycles. The molecule has 1 unspecified atom stereocenters. The number of rotatable bonds is 6. The Kier molecular flexibility index (Phi) is 6.47. The molecule has 0 bridgehead atoms. The zero-order chi connectivity index (χ0) is 15.9. The van der Waals surface area contributed by atoms with Gasteiger partial charge < -0.3 is 15.4 Å². The summed E-state index contributed by atoms with van der Waals surface area (Å²) in [5, 5.41) is 4.99. The maximum Gasteiger partial charge on any atom is 0.422 e. The maximum absolute atomic E-state index is 12.0. The molecule has 0 radical (unpaired) electrons. The van der Waals surface area contributed by atoms with Crippen molar-refractivity contribution in [1.29, 1.82) is 0 Å². The van der Waals surface area contributed by atoms with Gasteiger partial charge in [0.15, 0.2) is 6.61 Å². The van der Waals surface area contributed by atoms with E-state index in [1.165, 1.54) is 30.5 Å². The molecule has 1 aromatic rings. The molecule has 0 saturated carbocycles. The highest BCUT2D eigenvalue weighted by atomic mass is 32.2. The van der Waals surface area contributed by atoms with Gasteiger partial charge in [0.1, 0.15) is 5.75 Å². The van der Waals surface area contributed by atoms with E-state index in [1.807, 2.05) is 0 Å². The zero-order valence-corrected chi connectivity index (χ0v) is 12.0. The second-order valence-electron chi connectivity index (χ2n) is 4.09. The number of halogens is 3. The molecular formula is C12H15F3N2O3S. The van der Waals surface area contributed by atoms with Crippen LogP contribution in [0.15, 0.2) is 24.3 Å². The first kappa shape index (κ1) is 17.3. The average molecular weight is 324 g/mol. The summed E-state index contributed by atoms with van der Waals surface area (Å²) in [4.78, 5) is 11.4. The lowest BCUT2D eigenvalue weighted by molar-refractivity contribution is -0.153. The van der Waals surface area contributed by atoms with Gasteiger partial charge in [0, 0.05) is 35.0 Å². The number of hydrogen-bond acceptors (Lipinski definition) is 3. The summed E-state index contributed by atoms with van der Waals surface area (Å²) in [6.45, 7) is -1.10. The molecule has 2 N–H and O–H groups in total. The van der Waals surface area contributed by atoms with Crippen molar-refractivity contribution in [2.24, 2.45) is 0 Å². The smallest absolute Gasteiger partial charge is 0.422 e. The van der Waals surface area contributed by atoms with Crippen LogP contribution in [-0.2, 0) is 10.8 Å². The molecule has 2 amide bonds. The number of urea groups is 1. The van der Waals surface area contributed by atoms with E-state index < -0.39 is 29.6 Å². The van der Waals surface area contributed by atoms with Crippen LogP contribution in [0.2, 0.25) is 0 Å².